The van der Waals surface area contributed by atoms with Crippen LogP contribution in [-0.4, -0.2) is 53.9 Å². The maximum Gasteiger partial charge on any atom is 0.254 e. The molecule has 8 heteroatoms. The third-order valence-corrected chi connectivity index (χ3v) is 5.88. The first kappa shape index (κ1) is 23.4. The summed E-state index contributed by atoms with van der Waals surface area (Å²) in [6.07, 6.45) is 1.60. The second-order valence-electron chi connectivity index (χ2n) is 7.84. The Hall–Kier alpha value is -3.71. The molecule has 1 aromatic heterocycles. The molecular formula is C26H26ClN3O4. The summed E-state index contributed by atoms with van der Waals surface area (Å²) in [5, 5.41) is 3.49. The van der Waals surface area contributed by atoms with Crippen molar-refractivity contribution in [3.05, 3.63) is 90.0 Å². The summed E-state index contributed by atoms with van der Waals surface area (Å²) < 4.78 is 11.0. The molecule has 1 aliphatic heterocycles. The van der Waals surface area contributed by atoms with Crippen LogP contribution < -0.4 is 5.32 Å². The zero-order chi connectivity index (χ0) is 24.1. The van der Waals surface area contributed by atoms with E-state index in [1.165, 1.54) is 0 Å². The Kier molecular flexibility index (Phi) is 7.23. The van der Waals surface area contributed by atoms with Crippen LogP contribution in [0.1, 0.15) is 17.3 Å². The molecule has 2 heterocycles. The molecule has 1 saturated heterocycles. The highest BCUT2D eigenvalue weighted by Crippen LogP contribution is 2.24. The maximum atomic E-state index is 13.4. The number of anilines is 1. The Labute approximate surface area is 203 Å². The van der Waals surface area contributed by atoms with Gasteiger partial charge >= 0.3 is 0 Å². The third kappa shape index (κ3) is 5.26. The number of piperazine rings is 1. The fourth-order valence-electron chi connectivity index (χ4n) is 3.93. The van der Waals surface area contributed by atoms with Gasteiger partial charge in [0.25, 0.3) is 5.91 Å². The number of nitrogens with one attached hydrogen (secondary N) is 1. The van der Waals surface area contributed by atoms with Gasteiger partial charge in [-0.05, 0) is 62.0 Å². The van der Waals surface area contributed by atoms with Gasteiger partial charge in [0.05, 0.1) is 19.4 Å². The minimum Gasteiger partial charge on any atom is -0.480 e. The molecule has 2 aromatic carbocycles. The zero-order valence-electron chi connectivity index (χ0n) is 18.9. The molecule has 0 spiro atoms. The van der Waals surface area contributed by atoms with Gasteiger partial charge in [-0.15, -0.1) is 0 Å². The molecule has 0 radical (unpaired) electrons. The SMILES string of the molecule is C=C(OCC)N1CCN(C(=O)c2cccc(-c3ccco3)c2)CC1C(=O)Nc1ccc(Cl)cc1. The lowest BCUT2D eigenvalue weighted by atomic mass is 10.1. The van der Waals surface area contributed by atoms with Crippen LogP contribution in [0.25, 0.3) is 11.3 Å². The van der Waals surface area contributed by atoms with Crippen molar-refractivity contribution < 1.29 is 18.7 Å². The van der Waals surface area contributed by atoms with Crippen LogP contribution in [0.5, 0.6) is 0 Å². The summed E-state index contributed by atoms with van der Waals surface area (Å²) in [5.74, 6) is 0.683. The first-order valence-electron chi connectivity index (χ1n) is 11.0. The Morgan fingerprint density at radius 2 is 1.94 bits per heavy atom. The molecule has 1 unspecified atom stereocenters. The van der Waals surface area contributed by atoms with E-state index in [0.29, 0.717) is 47.6 Å². The number of nitrogens with zero attached hydrogens (tertiary/aromatic N) is 2. The van der Waals surface area contributed by atoms with Crippen molar-refractivity contribution in [1.82, 2.24) is 9.80 Å². The second-order valence-corrected chi connectivity index (χ2v) is 8.28. The van der Waals surface area contributed by atoms with E-state index >= 15 is 0 Å². The molecule has 4 rings (SSSR count). The van der Waals surface area contributed by atoms with Gasteiger partial charge < -0.3 is 24.3 Å². The quantitative estimate of drug-likeness (QED) is 0.489. The number of rotatable bonds is 7. The molecule has 3 aromatic rings. The number of furan rings is 1. The molecule has 2 amide bonds. The maximum absolute atomic E-state index is 13.4. The lowest BCUT2D eigenvalue weighted by Gasteiger charge is -2.41. The van der Waals surface area contributed by atoms with Crippen molar-refractivity contribution in [3.63, 3.8) is 0 Å². The number of carbonyl (C=O) groups excluding carboxylic acids is 2. The largest absolute Gasteiger partial charge is 0.480 e. The molecule has 34 heavy (non-hydrogen) atoms. The summed E-state index contributed by atoms with van der Waals surface area (Å²) >= 11 is 5.95. The van der Waals surface area contributed by atoms with Crippen molar-refractivity contribution in [2.75, 3.05) is 31.6 Å². The van der Waals surface area contributed by atoms with Crippen molar-refractivity contribution in [3.8, 4) is 11.3 Å². The van der Waals surface area contributed by atoms with Crippen LogP contribution in [0.4, 0.5) is 5.69 Å². The van der Waals surface area contributed by atoms with E-state index in [-0.39, 0.29) is 18.4 Å². The topological polar surface area (TPSA) is 75.0 Å². The molecule has 176 valence electrons. The lowest BCUT2D eigenvalue weighted by molar-refractivity contribution is -0.123. The average Bonchev–Trinajstić information content (AvgIpc) is 3.40. The smallest absolute Gasteiger partial charge is 0.254 e. The van der Waals surface area contributed by atoms with Gasteiger partial charge in [0.15, 0.2) is 5.88 Å². The van der Waals surface area contributed by atoms with E-state index in [0.717, 1.165) is 5.56 Å². The minimum absolute atomic E-state index is 0.153. The number of amides is 2. The van der Waals surface area contributed by atoms with E-state index in [4.69, 9.17) is 20.8 Å². The van der Waals surface area contributed by atoms with E-state index in [1.807, 2.05) is 25.1 Å². The molecule has 1 N–H and O–H groups in total. The predicted molar refractivity (Wildman–Crippen MR) is 131 cm³/mol. The van der Waals surface area contributed by atoms with E-state index in [2.05, 4.69) is 11.9 Å². The first-order chi connectivity index (χ1) is 16.5. The number of benzene rings is 2. The molecule has 1 fully saturated rings. The Morgan fingerprint density at radius 1 is 1.15 bits per heavy atom. The van der Waals surface area contributed by atoms with Gasteiger partial charge in [0.1, 0.15) is 11.8 Å². The number of ether oxygens (including phenoxy) is 1. The lowest BCUT2D eigenvalue weighted by Crippen LogP contribution is -2.58. The van der Waals surface area contributed by atoms with Gasteiger partial charge in [-0.3, -0.25) is 9.59 Å². The predicted octanol–water partition coefficient (Wildman–Crippen LogP) is 4.87. The highest BCUT2D eigenvalue weighted by Gasteiger charge is 2.36. The Balaban J connectivity index is 1.54. The van der Waals surface area contributed by atoms with Gasteiger partial charge in [-0.2, -0.15) is 0 Å². The van der Waals surface area contributed by atoms with Crippen LogP contribution in [0, 0.1) is 0 Å². The van der Waals surface area contributed by atoms with Crippen LogP contribution in [0.2, 0.25) is 5.02 Å². The van der Waals surface area contributed by atoms with Crippen molar-refractivity contribution >= 4 is 29.1 Å². The molecule has 7 nitrogen and oxygen atoms in total. The molecule has 0 aliphatic carbocycles. The summed E-state index contributed by atoms with van der Waals surface area (Å²) in [4.78, 5) is 30.1. The Bertz CT molecular complexity index is 1160. The number of halogens is 1. The van der Waals surface area contributed by atoms with Crippen molar-refractivity contribution in [1.29, 1.82) is 0 Å². The van der Waals surface area contributed by atoms with E-state index < -0.39 is 6.04 Å². The fourth-order valence-corrected chi connectivity index (χ4v) is 4.06. The highest BCUT2D eigenvalue weighted by molar-refractivity contribution is 6.30. The molecule has 0 bridgehead atoms. The normalized spacial score (nSPS) is 15.6. The molecule has 1 atom stereocenters. The number of hydrogen-bond acceptors (Lipinski definition) is 5. The molecule has 1 aliphatic rings. The molecule has 0 saturated carbocycles. The first-order valence-corrected chi connectivity index (χ1v) is 11.4. The van der Waals surface area contributed by atoms with Gasteiger partial charge in [0, 0.05) is 34.9 Å². The minimum atomic E-state index is -0.666. The standard InChI is InChI=1S/C26H26ClN3O4/c1-3-33-18(2)30-14-13-29(17-23(30)25(31)28-22-11-9-21(27)10-12-22)26(32)20-7-4-6-19(16-20)24-8-5-15-34-24/h4-12,15-16,23H,2-3,13-14,17H2,1H3,(H,28,31). The fraction of sp³-hybridized carbons (Fsp3) is 0.231. The summed E-state index contributed by atoms with van der Waals surface area (Å²) in [6.45, 7) is 7.31. The highest BCUT2D eigenvalue weighted by atomic mass is 35.5. The van der Waals surface area contributed by atoms with Crippen molar-refractivity contribution in [2.45, 2.75) is 13.0 Å². The molecular weight excluding hydrogens is 454 g/mol. The van der Waals surface area contributed by atoms with Crippen molar-refractivity contribution in [2.24, 2.45) is 0 Å². The van der Waals surface area contributed by atoms with Crippen LogP contribution in [-0.2, 0) is 9.53 Å². The van der Waals surface area contributed by atoms with Gasteiger partial charge in [0.2, 0.25) is 5.91 Å². The Morgan fingerprint density at radius 3 is 2.65 bits per heavy atom. The monoisotopic (exact) mass is 479 g/mol. The van der Waals surface area contributed by atoms with E-state index in [9.17, 15) is 9.59 Å². The van der Waals surface area contributed by atoms with Gasteiger partial charge in [-0.1, -0.05) is 23.7 Å². The van der Waals surface area contributed by atoms with Crippen LogP contribution in [0.15, 0.2) is 83.8 Å². The summed E-state index contributed by atoms with van der Waals surface area (Å²) in [7, 11) is 0. The zero-order valence-corrected chi connectivity index (χ0v) is 19.6. The summed E-state index contributed by atoms with van der Waals surface area (Å²) in [5.41, 5.74) is 1.96. The van der Waals surface area contributed by atoms with Crippen LogP contribution >= 0.6 is 11.6 Å². The van der Waals surface area contributed by atoms with Gasteiger partial charge in [-0.25, -0.2) is 0 Å². The summed E-state index contributed by atoms with van der Waals surface area (Å²) in [6, 6.07) is 17.1. The third-order valence-electron chi connectivity index (χ3n) is 5.63. The van der Waals surface area contributed by atoms with Crippen LogP contribution in [0.3, 0.4) is 0 Å². The number of carbonyl (C=O) groups is 2. The average molecular weight is 480 g/mol. The number of hydrogen-bond donors (Lipinski definition) is 1. The van der Waals surface area contributed by atoms with E-state index in [1.54, 1.807) is 58.5 Å². The second kappa shape index (κ2) is 10.5.